The Bertz CT molecular complexity index is 1330. The zero-order valence-electron chi connectivity index (χ0n) is 17.3. The van der Waals surface area contributed by atoms with Crippen LogP contribution in [0.25, 0.3) is 5.65 Å². The standard InChI is InChI=1S/C24H20N4O4/c1-31-19-10-5-9-18(13-19)14-26-27-23(29)20-15-25-22-21(11-6-12-28(22)24(20)30)32-16-17-7-3-2-4-8-17/h2-15H,16H2,1H3,(H,27,29)/b26-14-. The number of hydrazone groups is 1. The van der Waals surface area contributed by atoms with E-state index < -0.39 is 11.5 Å². The average Bonchev–Trinajstić information content (AvgIpc) is 2.84. The van der Waals surface area contributed by atoms with E-state index in [1.165, 1.54) is 23.0 Å². The summed E-state index contributed by atoms with van der Waals surface area (Å²) in [7, 11) is 1.57. The Kier molecular flexibility index (Phi) is 6.22. The highest BCUT2D eigenvalue weighted by atomic mass is 16.5. The summed E-state index contributed by atoms with van der Waals surface area (Å²) in [5.74, 6) is 0.450. The van der Waals surface area contributed by atoms with Gasteiger partial charge in [-0.3, -0.25) is 14.0 Å². The van der Waals surface area contributed by atoms with E-state index in [9.17, 15) is 9.59 Å². The molecule has 0 aliphatic heterocycles. The predicted octanol–water partition coefficient (Wildman–Crippen LogP) is 3.05. The zero-order valence-corrected chi connectivity index (χ0v) is 17.3. The van der Waals surface area contributed by atoms with Gasteiger partial charge < -0.3 is 9.47 Å². The summed E-state index contributed by atoms with van der Waals surface area (Å²) >= 11 is 0. The molecule has 1 N–H and O–H groups in total. The van der Waals surface area contributed by atoms with Crippen molar-refractivity contribution in [3.63, 3.8) is 0 Å². The first-order chi connectivity index (χ1) is 15.7. The Morgan fingerprint density at radius 1 is 1.12 bits per heavy atom. The first kappa shape index (κ1) is 20.8. The van der Waals surface area contributed by atoms with Gasteiger partial charge in [-0.05, 0) is 35.4 Å². The van der Waals surface area contributed by atoms with E-state index in [-0.39, 0.29) is 5.56 Å². The number of pyridine rings is 1. The molecule has 8 heteroatoms. The van der Waals surface area contributed by atoms with Gasteiger partial charge in [0.25, 0.3) is 11.5 Å². The molecule has 4 rings (SSSR count). The van der Waals surface area contributed by atoms with Crippen LogP contribution in [-0.4, -0.2) is 28.6 Å². The van der Waals surface area contributed by atoms with Crippen LogP contribution in [0.5, 0.6) is 11.5 Å². The number of amides is 1. The van der Waals surface area contributed by atoms with Gasteiger partial charge in [0.2, 0.25) is 0 Å². The van der Waals surface area contributed by atoms with E-state index in [0.717, 1.165) is 11.1 Å². The molecule has 0 unspecified atom stereocenters. The minimum atomic E-state index is -0.661. The van der Waals surface area contributed by atoms with Gasteiger partial charge in [-0.15, -0.1) is 0 Å². The van der Waals surface area contributed by atoms with Gasteiger partial charge in [0.15, 0.2) is 11.4 Å². The second-order valence-electron chi connectivity index (χ2n) is 6.79. The van der Waals surface area contributed by atoms with Crippen LogP contribution in [-0.2, 0) is 6.61 Å². The van der Waals surface area contributed by atoms with E-state index in [0.29, 0.717) is 23.8 Å². The highest BCUT2D eigenvalue weighted by Crippen LogP contribution is 2.18. The van der Waals surface area contributed by atoms with E-state index in [1.54, 1.807) is 37.4 Å². The van der Waals surface area contributed by atoms with E-state index in [4.69, 9.17) is 9.47 Å². The van der Waals surface area contributed by atoms with Crippen molar-refractivity contribution in [2.45, 2.75) is 6.61 Å². The summed E-state index contributed by atoms with van der Waals surface area (Å²) < 4.78 is 12.3. The SMILES string of the molecule is COc1cccc(/C=N\NC(=O)c2cnc3c(OCc4ccccc4)cccn3c2=O)c1. The van der Waals surface area contributed by atoms with Crippen LogP contribution in [0.1, 0.15) is 21.5 Å². The molecule has 2 heterocycles. The van der Waals surface area contributed by atoms with E-state index >= 15 is 0 Å². The quantitative estimate of drug-likeness (QED) is 0.361. The second kappa shape index (κ2) is 9.57. The van der Waals surface area contributed by atoms with Crippen LogP contribution in [0, 0.1) is 0 Å². The molecule has 0 aliphatic carbocycles. The lowest BCUT2D eigenvalue weighted by Crippen LogP contribution is -2.29. The third-order valence-electron chi connectivity index (χ3n) is 4.65. The number of ether oxygens (including phenoxy) is 2. The summed E-state index contributed by atoms with van der Waals surface area (Å²) in [5.41, 5.74) is 3.75. The number of methoxy groups -OCH3 is 1. The molecule has 2 aromatic heterocycles. The average molecular weight is 428 g/mol. The van der Waals surface area contributed by atoms with Crippen LogP contribution in [0.2, 0.25) is 0 Å². The zero-order chi connectivity index (χ0) is 22.3. The number of hydrogen-bond donors (Lipinski definition) is 1. The van der Waals surface area contributed by atoms with Crippen LogP contribution in [0.15, 0.2) is 89.0 Å². The van der Waals surface area contributed by atoms with E-state index in [2.05, 4.69) is 15.5 Å². The van der Waals surface area contributed by atoms with Crippen molar-refractivity contribution < 1.29 is 14.3 Å². The first-order valence-corrected chi connectivity index (χ1v) is 9.80. The fourth-order valence-corrected chi connectivity index (χ4v) is 3.03. The molecule has 160 valence electrons. The number of rotatable bonds is 7. The smallest absolute Gasteiger partial charge is 0.278 e. The maximum absolute atomic E-state index is 12.9. The highest BCUT2D eigenvalue weighted by Gasteiger charge is 2.14. The normalized spacial score (nSPS) is 10.9. The molecule has 0 bridgehead atoms. The third-order valence-corrected chi connectivity index (χ3v) is 4.65. The van der Waals surface area contributed by atoms with Crippen molar-refractivity contribution in [2.75, 3.05) is 7.11 Å². The lowest BCUT2D eigenvalue weighted by molar-refractivity contribution is 0.0953. The fraction of sp³-hybridized carbons (Fsp3) is 0.0833. The number of fused-ring (bicyclic) bond motifs is 1. The number of nitrogens with one attached hydrogen (secondary N) is 1. The van der Waals surface area contributed by atoms with Gasteiger partial charge in [-0.2, -0.15) is 5.10 Å². The third kappa shape index (κ3) is 4.65. The Hall–Kier alpha value is -4.46. The van der Waals surface area contributed by atoms with Gasteiger partial charge in [0.1, 0.15) is 17.9 Å². The summed E-state index contributed by atoms with van der Waals surface area (Å²) in [6.45, 7) is 0.331. The predicted molar refractivity (Wildman–Crippen MR) is 120 cm³/mol. The molecule has 0 atom stereocenters. The van der Waals surface area contributed by atoms with Gasteiger partial charge >= 0.3 is 0 Å². The van der Waals surface area contributed by atoms with Crippen LogP contribution in [0.3, 0.4) is 0 Å². The first-order valence-electron chi connectivity index (χ1n) is 9.80. The van der Waals surface area contributed by atoms with Crippen molar-refractivity contribution in [3.8, 4) is 11.5 Å². The van der Waals surface area contributed by atoms with Gasteiger partial charge in [0.05, 0.1) is 13.3 Å². The molecule has 0 radical (unpaired) electrons. The van der Waals surface area contributed by atoms with Crippen molar-refractivity contribution in [1.82, 2.24) is 14.8 Å². The van der Waals surface area contributed by atoms with Crippen molar-refractivity contribution >= 4 is 17.8 Å². The Labute approximate surface area is 183 Å². The highest BCUT2D eigenvalue weighted by molar-refractivity contribution is 5.94. The summed E-state index contributed by atoms with van der Waals surface area (Å²) in [5, 5.41) is 3.91. The molecule has 0 saturated carbocycles. The second-order valence-corrected chi connectivity index (χ2v) is 6.79. The Morgan fingerprint density at radius 3 is 2.78 bits per heavy atom. The number of hydrogen-bond acceptors (Lipinski definition) is 6. The minimum absolute atomic E-state index is 0.134. The topological polar surface area (TPSA) is 94.3 Å². The molecular weight excluding hydrogens is 408 g/mol. The monoisotopic (exact) mass is 428 g/mol. The van der Waals surface area contributed by atoms with Gasteiger partial charge in [0, 0.05) is 12.4 Å². The molecule has 0 fully saturated rings. The molecule has 2 aromatic carbocycles. The molecule has 0 spiro atoms. The lowest BCUT2D eigenvalue weighted by atomic mass is 10.2. The van der Waals surface area contributed by atoms with Crippen molar-refractivity contribution in [2.24, 2.45) is 5.10 Å². The van der Waals surface area contributed by atoms with Crippen LogP contribution < -0.4 is 20.5 Å². The Morgan fingerprint density at radius 2 is 1.97 bits per heavy atom. The molecular formula is C24H20N4O4. The summed E-state index contributed by atoms with van der Waals surface area (Å²) in [6.07, 6.45) is 4.22. The van der Waals surface area contributed by atoms with Gasteiger partial charge in [-0.1, -0.05) is 42.5 Å². The molecule has 32 heavy (non-hydrogen) atoms. The van der Waals surface area contributed by atoms with Gasteiger partial charge in [-0.25, -0.2) is 10.4 Å². The summed E-state index contributed by atoms with van der Waals surface area (Å²) in [6, 6.07) is 20.2. The van der Waals surface area contributed by atoms with Crippen molar-refractivity contribution in [1.29, 1.82) is 0 Å². The molecule has 8 nitrogen and oxygen atoms in total. The van der Waals surface area contributed by atoms with Crippen LogP contribution >= 0.6 is 0 Å². The maximum atomic E-state index is 12.9. The number of benzene rings is 2. The number of carbonyl (C=O) groups excluding carboxylic acids is 1. The number of carbonyl (C=O) groups is 1. The molecule has 0 saturated heterocycles. The molecule has 1 amide bonds. The van der Waals surface area contributed by atoms with E-state index in [1.807, 2.05) is 36.4 Å². The molecule has 4 aromatic rings. The number of aromatic nitrogens is 2. The van der Waals surface area contributed by atoms with Crippen LogP contribution in [0.4, 0.5) is 0 Å². The largest absolute Gasteiger partial charge is 0.497 e. The minimum Gasteiger partial charge on any atom is -0.497 e. The summed E-state index contributed by atoms with van der Waals surface area (Å²) in [4.78, 5) is 29.6. The fourth-order valence-electron chi connectivity index (χ4n) is 3.03. The lowest BCUT2D eigenvalue weighted by Gasteiger charge is -2.10. The Balaban J connectivity index is 1.52. The number of nitrogens with zero attached hydrogens (tertiary/aromatic N) is 3. The maximum Gasteiger partial charge on any atom is 0.278 e. The van der Waals surface area contributed by atoms with Crippen molar-refractivity contribution in [3.05, 3.63) is 106 Å². The molecule has 0 aliphatic rings.